The molecule has 98 valence electrons. The summed E-state index contributed by atoms with van der Waals surface area (Å²) in [4.78, 5) is 30.3. The molecule has 1 fully saturated rings. The number of amides is 2. The number of imide groups is 1. The van der Waals surface area contributed by atoms with Crippen molar-refractivity contribution < 1.29 is 9.59 Å². The summed E-state index contributed by atoms with van der Waals surface area (Å²) >= 11 is 1.60. The van der Waals surface area contributed by atoms with Gasteiger partial charge in [-0.05, 0) is 20.8 Å². The highest BCUT2D eigenvalue weighted by molar-refractivity contribution is 7.11. The van der Waals surface area contributed by atoms with Crippen molar-refractivity contribution in [3.05, 3.63) is 16.1 Å². The SMILES string of the molecule is CCN1C(=O)CC(NC(C)c2ncc(C)s2)C1=O. The largest absolute Gasteiger partial charge is 0.297 e. The molecule has 0 bridgehead atoms. The minimum absolute atomic E-state index is 0.0118. The molecular formula is C12H17N3O2S. The van der Waals surface area contributed by atoms with Gasteiger partial charge in [0.15, 0.2) is 0 Å². The zero-order valence-corrected chi connectivity index (χ0v) is 11.6. The summed E-state index contributed by atoms with van der Waals surface area (Å²) in [7, 11) is 0. The Balaban J connectivity index is 2.02. The number of likely N-dealkylation sites (N-methyl/N-ethyl adjacent to an activating group) is 1. The Hall–Kier alpha value is -1.27. The minimum atomic E-state index is -0.406. The second kappa shape index (κ2) is 5.16. The number of hydrogen-bond acceptors (Lipinski definition) is 5. The molecule has 1 aliphatic heterocycles. The van der Waals surface area contributed by atoms with E-state index < -0.39 is 6.04 Å². The number of aryl methyl sites for hydroxylation is 1. The first-order valence-corrected chi connectivity index (χ1v) is 6.87. The van der Waals surface area contributed by atoms with Gasteiger partial charge in [0, 0.05) is 17.6 Å². The standard InChI is InChI=1S/C12H17N3O2S/c1-4-15-10(16)5-9(12(15)17)14-8(3)11-13-6-7(2)18-11/h6,8-9,14H,4-5H2,1-3H3. The number of carbonyl (C=O) groups is 2. The Morgan fingerprint density at radius 2 is 2.33 bits per heavy atom. The Kier molecular flexibility index (Phi) is 3.77. The maximum atomic E-state index is 11.9. The lowest BCUT2D eigenvalue weighted by Crippen LogP contribution is -2.39. The van der Waals surface area contributed by atoms with E-state index in [1.54, 1.807) is 11.3 Å². The number of thiazole rings is 1. The van der Waals surface area contributed by atoms with Crippen LogP contribution in [0.3, 0.4) is 0 Å². The topological polar surface area (TPSA) is 62.3 Å². The third kappa shape index (κ3) is 2.44. The lowest BCUT2D eigenvalue weighted by molar-refractivity contribution is -0.138. The Bertz CT molecular complexity index is 472. The van der Waals surface area contributed by atoms with E-state index in [-0.39, 0.29) is 24.3 Å². The highest BCUT2D eigenvalue weighted by Crippen LogP contribution is 2.22. The summed E-state index contributed by atoms with van der Waals surface area (Å²) in [5.74, 6) is -0.217. The fraction of sp³-hybridized carbons (Fsp3) is 0.583. The molecule has 2 rings (SSSR count). The van der Waals surface area contributed by atoms with Gasteiger partial charge in [-0.1, -0.05) is 0 Å². The number of rotatable bonds is 4. The van der Waals surface area contributed by atoms with Crippen molar-refractivity contribution in [3.63, 3.8) is 0 Å². The first-order valence-electron chi connectivity index (χ1n) is 6.05. The predicted molar refractivity (Wildman–Crippen MR) is 69.2 cm³/mol. The highest BCUT2D eigenvalue weighted by Gasteiger charge is 2.38. The van der Waals surface area contributed by atoms with Crippen LogP contribution >= 0.6 is 11.3 Å². The molecule has 2 atom stereocenters. The second-order valence-corrected chi connectivity index (χ2v) is 5.70. The maximum Gasteiger partial charge on any atom is 0.246 e. The summed E-state index contributed by atoms with van der Waals surface area (Å²) in [5, 5.41) is 4.14. The number of likely N-dealkylation sites (tertiary alicyclic amines) is 1. The van der Waals surface area contributed by atoms with Gasteiger partial charge in [-0.15, -0.1) is 11.3 Å². The monoisotopic (exact) mass is 267 g/mol. The fourth-order valence-electron chi connectivity index (χ4n) is 2.09. The molecule has 0 saturated carbocycles. The maximum absolute atomic E-state index is 11.9. The van der Waals surface area contributed by atoms with Crippen LogP contribution in [0.5, 0.6) is 0 Å². The first kappa shape index (κ1) is 13.2. The van der Waals surface area contributed by atoms with Gasteiger partial charge in [0.1, 0.15) is 5.01 Å². The number of nitrogens with zero attached hydrogens (tertiary/aromatic N) is 2. The predicted octanol–water partition coefficient (Wildman–Crippen LogP) is 1.25. The molecule has 0 aromatic carbocycles. The Morgan fingerprint density at radius 3 is 2.83 bits per heavy atom. The fourth-order valence-corrected chi connectivity index (χ4v) is 2.88. The van der Waals surface area contributed by atoms with E-state index in [1.807, 2.05) is 27.0 Å². The number of carbonyl (C=O) groups excluding carboxylic acids is 2. The van der Waals surface area contributed by atoms with Crippen LogP contribution in [-0.4, -0.2) is 34.3 Å². The van der Waals surface area contributed by atoms with Crippen LogP contribution in [0.15, 0.2) is 6.20 Å². The van der Waals surface area contributed by atoms with Gasteiger partial charge >= 0.3 is 0 Å². The van der Waals surface area contributed by atoms with Crippen LogP contribution in [0, 0.1) is 6.92 Å². The first-order chi connectivity index (χ1) is 8.52. The van der Waals surface area contributed by atoms with Gasteiger partial charge in [0.2, 0.25) is 11.8 Å². The summed E-state index contributed by atoms with van der Waals surface area (Å²) in [6, 6.07) is -0.418. The van der Waals surface area contributed by atoms with E-state index in [0.29, 0.717) is 6.54 Å². The van der Waals surface area contributed by atoms with E-state index in [0.717, 1.165) is 9.88 Å². The zero-order chi connectivity index (χ0) is 13.3. The van der Waals surface area contributed by atoms with Crippen molar-refractivity contribution in [2.24, 2.45) is 0 Å². The molecule has 1 saturated heterocycles. The van der Waals surface area contributed by atoms with Gasteiger partial charge in [0.25, 0.3) is 0 Å². The van der Waals surface area contributed by atoms with E-state index in [4.69, 9.17) is 0 Å². The van der Waals surface area contributed by atoms with Gasteiger partial charge in [-0.3, -0.25) is 19.8 Å². The molecule has 0 spiro atoms. The lowest BCUT2D eigenvalue weighted by Gasteiger charge is -2.16. The Labute approximate surface area is 110 Å². The summed E-state index contributed by atoms with van der Waals surface area (Å²) in [5.41, 5.74) is 0. The van der Waals surface area contributed by atoms with Crippen LogP contribution in [0.4, 0.5) is 0 Å². The third-order valence-electron chi connectivity index (χ3n) is 3.02. The molecule has 18 heavy (non-hydrogen) atoms. The molecule has 5 nitrogen and oxygen atoms in total. The van der Waals surface area contributed by atoms with Crippen molar-refractivity contribution in [2.45, 2.75) is 39.3 Å². The Morgan fingerprint density at radius 1 is 1.61 bits per heavy atom. The van der Waals surface area contributed by atoms with Crippen molar-refractivity contribution >= 4 is 23.2 Å². The van der Waals surface area contributed by atoms with Crippen LogP contribution in [0.1, 0.15) is 36.2 Å². The van der Waals surface area contributed by atoms with E-state index >= 15 is 0 Å². The van der Waals surface area contributed by atoms with Gasteiger partial charge in [-0.2, -0.15) is 0 Å². The molecule has 0 aliphatic carbocycles. The molecule has 1 aromatic rings. The summed E-state index contributed by atoms with van der Waals surface area (Å²) in [6.45, 7) is 6.22. The molecule has 2 heterocycles. The molecule has 1 aliphatic rings. The number of aromatic nitrogens is 1. The van der Waals surface area contributed by atoms with Gasteiger partial charge in [0.05, 0.1) is 18.5 Å². The van der Waals surface area contributed by atoms with Crippen molar-refractivity contribution in [1.82, 2.24) is 15.2 Å². The zero-order valence-electron chi connectivity index (χ0n) is 10.8. The van der Waals surface area contributed by atoms with E-state index in [1.165, 1.54) is 4.90 Å². The van der Waals surface area contributed by atoms with Crippen molar-refractivity contribution in [1.29, 1.82) is 0 Å². The van der Waals surface area contributed by atoms with E-state index in [9.17, 15) is 9.59 Å². The molecular weight excluding hydrogens is 250 g/mol. The number of hydrogen-bond donors (Lipinski definition) is 1. The van der Waals surface area contributed by atoms with E-state index in [2.05, 4.69) is 10.3 Å². The smallest absolute Gasteiger partial charge is 0.246 e. The van der Waals surface area contributed by atoms with Crippen LogP contribution < -0.4 is 5.32 Å². The van der Waals surface area contributed by atoms with Crippen molar-refractivity contribution in [2.75, 3.05) is 6.54 Å². The molecule has 2 amide bonds. The van der Waals surface area contributed by atoms with Gasteiger partial charge in [-0.25, -0.2) is 4.98 Å². The normalized spacial score (nSPS) is 21.7. The quantitative estimate of drug-likeness (QED) is 0.834. The average molecular weight is 267 g/mol. The molecule has 1 aromatic heterocycles. The van der Waals surface area contributed by atoms with Crippen LogP contribution in [0.25, 0.3) is 0 Å². The lowest BCUT2D eigenvalue weighted by atomic mass is 10.2. The summed E-state index contributed by atoms with van der Waals surface area (Å²) in [6.07, 6.45) is 2.07. The molecule has 0 radical (unpaired) electrons. The van der Waals surface area contributed by atoms with Crippen molar-refractivity contribution in [3.8, 4) is 0 Å². The minimum Gasteiger partial charge on any atom is -0.297 e. The summed E-state index contributed by atoms with van der Waals surface area (Å²) < 4.78 is 0. The third-order valence-corrected chi connectivity index (χ3v) is 4.12. The average Bonchev–Trinajstić information content (AvgIpc) is 2.85. The molecule has 2 unspecified atom stereocenters. The molecule has 1 N–H and O–H groups in total. The highest BCUT2D eigenvalue weighted by atomic mass is 32.1. The van der Waals surface area contributed by atoms with Gasteiger partial charge < -0.3 is 0 Å². The van der Waals surface area contributed by atoms with Crippen LogP contribution in [0.2, 0.25) is 0 Å². The number of nitrogens with one attached hydrogen (secondary N) is 1. The second-order valence-electron chi connectivity index (χ2n) is 4.43. The molecule has 6 heteroatoms. The van der Waals surface area contributed by atoms with Crippen LogP contribution in [-0.2, 0) is 9.59 Å².